The third-order valence-electron chi connectivity index (χ3n) is 15.1. The highest BCUT2D eigenvalue weighted by molar-refractivity contribution is 6.23. The zero-order chi connectivity index (χ0) is 46.4. The number of hydrogen-bond acceptors (Lipinski definition) is 2. The number of anilines is 3. The van der Waals surface area contributed by atoms with E-state index in [0.29, 0.717) is 0 Å². The van der Waals surface area contributed by atoms with Gasteiger partial charge >= 0.3 is 0 Å². The molecule has 0 fully saturated rings. The number of hydrogen-bond donors (Lipinski definition) is 0. The Hall–Kier alpha value is -8.20. The fourth-order valence-corrected chi connectivity index (χ4v) is 11.8. The van der Waals surface area contributed by atoms with Gasteiger partial charge in [0.15, 0.2) is 0 Å². The third kappa shape index (κ3) is 7.71. The topological polar surface area (TPSA) is 6.48 Å². The standard InChI is InChI=1S/C68H54N2/c1-5-19-47(20-6-1)53-39-54(48-21-7-2-8-22-48)42-57(41-53)67-61-35-33-60(70-38-18-30-52-28-14-16-32-66(52)70)46-64(61)68(62-36-34-59(45-63(62)67)69-37-17-29-51-27-13-15-31-65(51)69)58-43-55(49-23-9-3-10-24-49)40-56(44-58)50-25-11-4-12-26-50/h1-13,15-16,19-27,31-36,39-46H,14,17-18,28-30,37-38H2. The van der Waals surface area contributed by atoms with Gasteiger partial charge in [0.25, 0.3) is 0 Å². The Morgan fingerprint density at radius 2 is 0.743 bits per heavy atom. The average Bonchev–Trinajstić information content (AvgIpc) is 3.44. The van der Waals surface area contributed by atoms with Gasteiger partial charge in [-0.25, -0.2) is 0 Å². The monoisotopic (exact) mass is 898 g/mol. The summed E-state index contributed by atoms with van der Waals surface area (Å²) >= 11 is 0. The van der Waals surface area contributed by atoms with E-state index in [2.05, 4.69) is 240 Å². The summed E-state index contributed by atoms with van der Waals surface area (Å²) in [6.07, 6.45) is 11.6. The van der Waals surface area contributed by atoms with Crippen molar-refractivity contribution in [2.45, 2.75) is 38.5 Å². The molecule has 0 bridgehead atoms. The van der Waals surface area contributed by atoms with Crippen LogP contribution in [-0.2, 0) is 6.42 Å². The van der Waals surface area contributed by atoms with Crippen molar-refractivity contribution in [1.82, 2.24) is 0 Å². The summed E-state index contributed by atoms with van der Waals surface area (Å²) in [6, 6.07) is 82.0. The van der Waals surface area contributed by atoms with Crippen LogP contribution < -0.4 is 9.80 Å². The Morgan fingerprint density at radius 3 is 1.26 bits per heavy atom. The SMILES string of the molecule is C1=CC2=C(CC1)CCCN2c1ccc2c(-c3cc(-c4ccccc4)cc(-c4ccccc4)c3)c3cc(N4CCCc5ccccc54)ccc3c(-c3cc(-c4ccccc4)cc(-c4ccccc4)c3)c2c1. The van der Waals surface area contributed by atoms with E-state index in [1.807, 2.05) is 0 Å². The van der Waals surface area contributed by atoms with Gasteiger partial charge in [0.05, 0.1) is 0 Å². The summed E-state index contributed by atoms with van der Waals surface area (Å²) in [5, 5.41) is 5.02. The second kappa shape index (κ2) is 18.0. The van der Waals surface area contributed by atoms with E-state index < -0.39 is 0 Å². The van der Waals surface area contributed by atoms with Crippen molar-refractivity contribution in [2.24, 2.45) is 0 Å². The molecule has 0 spiro atoms. The lowest BCUT2D eigenvalue weighted by Crippen LogP contribution is -2.28. The summed E-state index contributed by atoms with van der Waals surface area (Å²) in [5.41, 5.74) is 22.8. The highest BCUT2D eigenvalue weighted by Gasteiger charge is 2.26. The van der Waals surface area contributed by atoms with Gasteiger partial charge in [0, 0.05) is 35.8 Å². The summed E-state index contributed by atoms with van der Waals surface area (Å²) in [7, 11) is 0. The van der Waals surface area contributed by atoms with Crippen LogP contribution in [0, 0.1) is 0 Å². The first kappa shape index (κ1) is 41.9. The molecule has 0 atom stereocenters. The molecule has 10 aromatic rings. The largest absolute Gasteiger partial charge is 0.342 e. The van der Waals surface area contributed by atoms with Crippen molar-refractivity contribution in [3.8, 4) is 66.8 Å². The van der Waals surface area contributed by atoms with Gasteiger partial charge in [-0.3, -0.25) is 0 Å². The molecule has 3 aliphatic rings. The zero-order valence-electron chi connectivity index (χ0n) is 39.5. The number of nitrogens with zero attached hydrogens (tertiary/aromatic N) is 2. The first-order valence-electron chi connectivity index (χ1n) is 25.3. The molecule has 0 saturated carbocycles. The molecule has 2 nitrogen and oxygen atoms in total. The maximum atomic E-state index is 2.61. The van der Waals surface area contributed by atoms with Gasteiger partial charge in [-0.05, 0) is 211 Å². The number of para-hydroxylation sites is 1. The fourth-order valence-electron chi connectivity index (χ4n) is 11.8. The van der Waals surface area contributed by atoms with Crippen LogP contribution in [0.3, 0.4) is 0 Å². The molecular formula is C68H54N2. The Labute approximate surface area is 412 Å². The molecule has 1 aliphatic carbocycles. The second-order valence-electron chi connectivity index (χ2n) is 19.3. The smallest absolute Gasteiger partial charge is 0.0443 e. The highest BCUT2D eigenvalue weighted by atomic mass is 15.1. The molecule has 0 N–H and O–H groups in total. The molecule has 0 amide bonds. The number of fused-ring (bicyclic) bond motifs is 3. The van der Waals surface area contributed by atoms with Crippen molar-refractivity contribution in [3.05, 3.63) is 247 Å². The molecule has 2 heteroatoms. The summed E-state index contributed by atoms with van der Waals surface area (Å²) in [5.74, 6) is 0. The molecule has 2 aliphatic heterocycles. The Kier molecular flexibility index (Phi) is 10.8. The maximum Gasteiger partial charge on any atom is 0.0443 e. The lowest BCUT2D eigenvalue weighted by atomic mass is 9.82. The Balaban J connectivity index is 1.16. The van der Waals surface area contributed by atoms with Crippen LogP contribution in [0.2, 0.25) is 0 Å². The molecule has 0 saturated heterocycles. The predicted molar refractivity (Wildman–Crippen MR) is 298 cm³/mol. The van der Waals surface area contributed by atoms with Gasteiger partial charge in [-0.1, -0.05) is 158 Å². The van der Waals surface area contributed by atoms with Crippen molar-refractivity contribution >= 4 is 38.6 Å². The van der Waals surface area contributed by atoms with E-state index in [1.54, 1.807) is 5.57 Å². The fraction of sp³-hybridized carbons (Fsp3) is 0.118. The third-order valence-corrected chi connectivity index (χ3v) is 15.1. The van der Waals surface area contributed by atoms with Crippen molar-refractivity contribution < 1.29 is 0 Å². The lowest BCUT2D eigenvalue weighted by Gasteiger charge is -2.34. The molecule has 0 aromatic heterocycles. The first-order chi connectivity index (χ1) is 34.7. The zero-order valence-corrected chi connectivity index (χ0v) is 39.5. The molecule has 336 valence electrons. The minimum atomic E-state index is 0.977. The lowest BCUT2D eigenvalue weighted by molar-refractivity contribution is 0.690. The van der Waals surface area contributed by atoms with Crippen LogP contribution in [-0.4, -0.2) is 13.1 Å². The van der Waals surface area contributed by atoms with E-state index in [4.69, 9.17) is 0 Å². The van der Waals surface area contributed by atoms with Crippen LogP contribution in [0.15, 0.2) is 242 Å². The maximum absolute atomic E-state index is 2.61. The van der Waals surface area contributed by atoms with Gasteiger partial charge < -0.3 is 9.80 Å². The summed E-state index contributed by atoms with van der Waals surface area (Å²) in [4.78, 5) is 5.17. The molecule has 0 unspecified atom stereocenters. The van der Waals surface area contributed by atoms with Crippen LogP contribution in [0.1, 0.15) is 37.7 Å². The minimum Gasteiger partial charge on any atom is -0.342 e. The predicted octanol–water partition coefficient (Wildman–Crippen LogP) is 18.3. The molecule has 13 rings (SSSR count). The Bertz CT molecular complexity index is 3530. The van der Waals surface area contributed by atoms with E-state index in [9.17, 15) is 0 Å². The van der Waals surface area contributed by atoms with Gasteiger partial charge in [0.1, 0.15) is 0 Å². The first-order valence-corrected chi connectivity index (χ1v) is 25.3. The molecular weight excluding hydrogens is 845 g/mol. The summed E-state index contributed by atoms with van der Waals surface area (Å²) in [6.45, 7) is 1.98. The van der Waals surface area contributed by atoms with Gasteiger partial charge in [-0.15, -0.1) is 0 Å². The van der Waals surface area contributed by atoms with E-state index >= 15 is 0 Å². The van der Waals surface area contributed by atoms with Crippen LogP contribution in [0.25, 0.3) is 88.3 Å². The van der Waals surface area contributed by atoms with E-state index in [1.165, 1.54) is 123 Å². The Morgan fingerprint density at radius 1 is 0.314 bits per heavy atom. The van der Waals surface area contributed by atoms with Gasteiger partial charge in [0.2, 0.25) is 0 Å². The van der Waals surface area contributed by atoms with Crippen LogP contribution in [0.4, 0.5) is 17.1 Å². The molecule has 2 heterocycles. The normalized spacial score (nSPS) is 14.5. The van der Waals surface area contributed by atoms with E-state index in [-0.39, 0.29) is 0 Å². The van der Waals surface area contributed by atoms with Crippen LogP contribution in [0.5, 0.6) is 0 Å². The highest BCUT2D eigenvalue weighted by Crippen LogP contribution is 2.50. The molecule has 10 aromatic carbocycles. The second-order valence-corrected chi connectivity index (χ2v) is 19.3. The minimum absolute atomic E-state index is 0.977. The van der Waals surface area contributed by atoms with Gasteiger partial charge in [-0.2, -0.15) is 0 Å². The number of allylic oxidation sites excluding steroid dienone is 3. The van der Waals surface area contributed by atoms with Crippen molar-refractivity contribution in [3.63, 3.8) is 0 Å². The average molecular weight is 899 g/mol. The quantitative estimate of drug-likeness (QED) is 0.140. The van der Waals surface area contributed by atoms with Crippen LogP contribution >= 0.6 is 0 Å². The van der Waals surface area contributed by atoms with E-state index in [0.717, 1.165) is 45.2 Å². The number of benzene rings is 10. The van der Waals surface area contributed by atoms with Crippen molar-refractivity contribution in [2.75, 3.05) is 22.9 Å². The summed E-state index contributed by atoms with van der Waals surface area (Å²) < 4.78 is 0. The number of rotatable bonds is 8. The van der Waals surface area contributed by atoms with Crippen molar-refractivity contribution in [1.29, 1.82) is 0 Å². The number of aryl methyl sites for hydroxylation is 1. The molecule has 70 heavy (non-hydrogen) atoms. The molecule has 0 radical (unpaired) electrons.